The van der Waals surface area contributed by atoms with Crippen LogP contribution in [-0.2, 0) is 19.1 Å². The molecule has 0 unspecified atom stereocenters. The standard InChI is InChI=1S/C15H14ClFN4O3.C15H14F2N4O3/c1-9(22)18-5-11-6-21(15(23)24-11)10-2-3-13(12(17)4-10)20-7-14(16)19-8-20;1-9(22)18-5-11-6-21(15(23)24-11)10-2-3-13(12(16)4-10)20-7-14(17)19-8-20/h2*2-4,7-8,11H,5-6H2,1H3,(H,18,22)/t2*11-/m00/s1. The van der Waals surface area contributed by atoms with Gasteiger partial charge in [0.15, 0.2) is 0 Å². The smallest absolute Gasteiger partial charge is 0.414 e. The van der Waals surface area contributed by atoms with Crippen LogP contribution in [0.15, 0.2) is 61.4 Å². The molecule has 4 aromatic rings. The molecule has 0 bridgehead atoms. The maximum atomic E-state index is 14.3. The molecule has 4 amide bonds. The molecule has 4 heterocycles. The second-order valence-electron chi connectivity index (χ2n) is 10.6. The Hall–Kier alpha value is -5.58. The van der Waals surface area contributed by atoms with Gasteiger partial charge in [0, 0.05) is 20.0 Å². The summed E-state index contributed by atoms with van der Waals surface area (Å²) in [5.41, 5.74) is 1.06. The predicted molar refractivity (Wildman–Crippen MR) is 165 cm³/mol. The van der Waals surface area contributed by atoms with Gasteiger partial charge in [0.05, 0.1) is 55.1 Å². The van der Waals surface area contributed by atoms with E-state index in [1.54, 1.807) is 6.07 Å². The molecule has 48 heavy (non-hydrogen) atoms. The van der Waals surface area contributed by atoms with E-state index in [1.165, 1.54) is 69.6 Å². The molecule has 2 aromatic heterocycles. The lowest BCUT2D eigenvalue weighted by Gasteiger charge is -2.14. The molecule has 2 saturated heterocycles. The van der Waals surface area contributed by atoms with Crippen molar-refractivity contribution in [3.05, 3.63) is 84.2 Å². The van der Waals surface area contributed by atoms with Gasteiger partial charge in [0.25, 0.3) is 0 Å². The fourth-order valence-electron chi connectivity index (χ4n) is 4.80. The summed E-state index contributed by atoms with van der Waals surface area (Å²) in [5.74, 6) is -2.32. The van der Waals surface area contributed by atoms with Gasteiger partial charge in [-0.05, 0) is 36.4 Å². The summed E-state index contributed by atoms with van der Waals surface area (Å²) in [4.78, 5) is 55.5. The zero-order chi connectivity index (χ0) is 34.5. The molecule has 0 saturated carbocycles. The van der Waals surface area contributed by atoms with Gasteiger partial charge >= 0.3 is 12.2 Å². The highest BCUT2D eigenvalue weighted by molar-refractivity contribution is 6.29. The summed E-state index contributed by atoms with van der Waals surface area (Å²) >= 11 is 5.73. The van der Waals surface area contributed by atoms with Crippen LogP contribution in [0.3, 0.4) is 0 Å². The van der Waals surface area contributed by atoms with Crippen LogP contribution >= 0.6 is 11.6 Å². The van der Waals surface area contributed by atoms with Crippen LogP contribution in [0.4, 0.5) is 34.1 Å². The third-order valence-electron chi connectivity index (χ3n) is 7.05. The van der Waals surface area contributed by atoms with Gasteiger partial charge in [-0.15, -0.1) is 0 Å². The van der Waals surface area contributed by atoms with Crippen LogP contribution in [0.2, 0.25) is 5.15 Å². The van der Waals surface area contributed by atoms with E-state index >= 15 is 0 Å². The fourth-order valence-corrected chi connectivity index (χ4v) is 4.95. The maximum Gasteiger partial charge on any atom is 0.414 e. The van der Waals surface area contributed by atoms with E-state index in [9.17, 15) is 32.3 Å². The van der Waals surface area contributed by atoms with Crippen molar-refractivity contribution >= 4 is 47.0 Å². The molecule has 2 N–H and O–H groups in total. The van der Waals surface area contributed by atoms with Gasteiger partial charge in [-0.25, -0.2) is 28.3 Å². The predicted octanol–water partition coefficient (Wildman–Crippen LogP) is 3.74. The van der Waals surface area contributed by atoms with Crippen molar-refractivity contribution in [3.63, 3.8) is 0 Å². The first kappa shape index (κ1) is 33.8. The minimum absolute atomic E-state index is 0.109. The molecule has 0 spiro atoms. The van der Waals surface area contributed by atoms with E-state index in [4.69, 9.17) is 21.1 Å². The number of ether oxygens (including phenoxy) is 2. The maximum absolute atomic E-state index is 14.3. The molecule has 252 valence electrons. The van der Waals surface area contributed by atoms with Gasteiger partial charge in [-0.3, -0.25) is 19.4 Å². The van der Waals surface area contributed by atoms with Gasteiger partial charge in [0.2, 0.25) is 17.8 Å². The van der Waals surface area contributed by atoms with E-state index in [1.807, 2.05) is 0 Å². The minimum atomic E-state index is -0.720. The Morgan fingerprint density at radius 1 is 0.792 bits per heavy atom. The number of nitrogens with zero attached hydrogens (tertiary/aromatic N) is 6. The van der Waals surface area contributed by atoms with E-state index in [0.717, 1.165) is 18.6 Å². The number of hydrogen-bond acceptors (Lipinski definition) is 8. The highest BCUT2D eigenvalue weighted by atomic mass is 35.5. The number of imidazole rings is 2. The van der Waals surface area contributed by atoms with E-state index in [2.05, 4.69) is 20.6 Å². The van der Waals surface area contributed by atoms with Gasteiger partial charge in [-0.1, -0.05) is 11.6 Å². The molecule has 2 aliphatic heterocycles. The number of hydrogen-bond donors (Lipinski definition) is 2. The van der Waals surface area contributed by atoms with Gasteiger partial charge in [-0.2, -0.15) is 4.39 Å². The number of aromatic nitrogens is 4. The Balaban J connectivity index is 0.000000188. The zero-order valence-electron chi connectivity index (χ0n) is 25.4. The van der Waals surface area contributed by atoms with Crippen molar-refractivity contribution in [3.8, 4) is 11.4 Å². The average molecular weight is 689 g/mol. The van der Waals surface area contributed by atoms with Crippen molar-refractivity contribution in [2.24, 2.45) is 0 Å². The summed E-state index contributed by atoms with van der Waals surface area (Å²) in [6.07, 6.45) is 2.89. The normalized spacial score (nSPS) is 17.0. The Morgan fingerprint density at radius 2 is 1.25 bits per heavy atom. The zero-order valence-corrected chi connectivity index (χ0v) is 26.2. The van der Waals surface area contributed by atoms with Crippen molar-refractivity contribution in [1.82, 2.24) is 29.7 Å². The largest absolute Gasteiger partial charge is 0.442 e. The first-order valence-electron chi connectivity index (χ1n) is 14.3. The molecule has 18 heteroatoms. The number of cyclic esters (lactones) is 2. The van der Waals surface area contributed by atoms with Crippen LogP contribution in [0, 0.1) is 17.6 Å². The lowest BCUT2D eigenvalue weighted by molar-refractivity contribution is -0.120. The first-order valence-corrected chi connectivity index (χ1v) is 14.7. The number of rotatable bonds is 8. The summed E-state index contributed by atoms with van der Waals surface area (Å²) in [6.45, 7) is 3.57. The highest BCUT2D eigenvalue weighted by Gasteiger charge is 2.34. The second-order valence-corrected chi connectivity index (χ2v) is 11.0. The van der Waals surface area contributed by atoms with E-state index < -0.39 is 42.0 Å². The molecular formula is C30H28ClF3N8O6. The SMILES string of the molecule is CC(=O)NC[C@H]1CN(c2ccc(-n3cnc(Cl)c3)c(F)c2)C(=O)O1.CC(=O)NC[C@H]1CN(c2ccc(-n3cnc(F)c3)c(F)c2)C(=O)O1. The summed E-state index contributed by atoms with van der Waals surface area (Å²) in [5, 5.41) is 5.40. The number of carbonyl (C=O) groups excluding carboxylic acids is 4. The quantitative estimate of drug-likeness (QED) is 0.284. The fraction of sp³-hybridized carbons (Fsp3) is 0.267. The number of benzene rings is 2. The molecule has 0 aliphatic carbocycles. The van der Waals surface area contributed by atoms with Crippen LogP contribution < -0.4 is 20.4 Å². The molecule has 2 fully saturated rings. The molecule has 14 nitrogen and oxygen atoms in total. The highest BCUT2D eigenvalue weighted by Crippen LogP contribution is 2.27. The molecule has 6 rings (SSSR count). The Kier molecular flexibility index (Phi) is 10.2. The number of nitrogens with one attached hydrogen (secondary N) is 2. The van der Waals surface area contributed by atoms with E-state index in [0.29, 0.717) is 11.4 Å². The Labute approximate surface area is 276 Å². The lowest BCUT2D eigenvalue weighted by Crippen LogP contribution is -2.33. The van der Waals surface area contributed by atoms with Crippen LogP contribution in [0.25, 0.3) is 11.4 Å². The van der Waals surface area contributed by atoms with Crippen molar-refractivity contribution in [2.45, 2.75) is 26.1 Å². The van der Waals surface area contributed by atoms with Crippen LogP contribution in [-0.4, -0.2) is 81.5 Å². The van der Waals surface area contributed by atoms with Crippen molar-refractivity contribution < 1.29 is 41.8 Å². The number of anilines is 2. The average Bonchev–Trinajstić information content (AvgIpc) is 3.83. The van der Waals surface area contributed by atoms with Gasteiger partial charge < -0.3 is 29.2 Å². The Morgan fingerprint density at radius 3 is 1.62 bits per heavy atom. The number of amides is 4. The first-order chi connectivity index (χ1) is 22.9. The molecule has 2 atom stereocenters. The monoisotopic (exact) mass is 688 g/mol. The number of halogens is 4. The van der Waals surface area contributed by atoms with E-state index in [-0.39, 0.29) is 54.5 Å². The molecule has 0 radical (unpaired) electrons. The summed E-state index contributed by atoms with van der Waals surface area (Å²) in [6, 6.07) is 8.48. The van der Waals surface area contributed by atoms with Crippen LogP contribution in [0.1, 0.15) is 13.8 Å². The third-order valence-corrected chi connectivity index (χ3v) is 7.25. The summed E-state index contributed by atoms with van der Waals surface area (Å²) < 4.78 is 54.5. The molecular weight excluding hydrogens is 661 g/mol. The topological polar surface area (TPSA) is 153 Å². The van der Waals surface area contributed by atoms with Crippen molar-refractivity contribution in [2.75, 3.05) is 36.0 Å². The van der Waals surface area contributed by atoms with Gasteiger partial charge in [0.1, 0.15) is 41.7 Å². The number of carbonyl (C=O) groups is 4. The summed E-state index contributed by atoms with van der Waals surface area (Å²) in [7, 11) is 0. The second kappa shape index (κ2) is 14.5. The molecule has 2 aromatic carbocycles. The minimum Gasteiger partial charge on any atom is -0.442 e. The lowest BCUT2D eigenvalue weighted by atomic mass is 10.2. The third kappa shape index (κ3) is 8.03. The molecule has 2 aliphatic rings. The van der Waals surface area contributed by atoms with Crippen LogP contribution in [0.5, 0.6) is 0 Å². The Bertz CT molecular complexity index is 1720. The van der Waals surface area contributed by atoms with Crippen molar-refractivity contribution in [1.29, 1.82) is 0 Å².